The largest absolute Gasteiger partial charge is 0.378 e. The van der Waals surface area contributed by atoms with Gasteiger partial charge in [0.1, 0.15) is 0 Å². The molecule has 5 rings (SSSR count). The van der Waals surface area contributed by atoms with Gasteiger partial charge >= 0.3 is 0 Å². The van der Waals surface area contributed by atoms with E-state index < -0.39 is 0 Å². The summed E-state index contributed by atoms with van der Waals surface area (Å²) < 4.78 is 10.4. The SMILES string of the molecule is O=C(NC1CC1)C1CCN(Cn2nc(N3CCOCC3)n(Cc3ccccc3)c2=S)CC1. The fourth-order valence-corrected chi connectivity index (χ4v) is 4.74. The topological polar surface area (TPSA) is 67.6 Å². The molecule has 2 aromatic rings. The summed E-state index contributed by atoms with van der Waals surface area (Å²) >= 11 is 5.88. The number of carbonyl (C=O) groups is 1. The first-order valence-electron chi connectivity index (χ1n) is 11.7. The van der Waals surface area contributed by atoms with Gasteiger partial charge in [0, 0.05) is 38.1 Å². The zero-order chi connectivity index (χ0) is 21.9. The lowest BCUT2D eigenvalue weighted by molar-refractivity contribution is -0.126. The molecule has 1 aromatic carbocycles. The van der Waals surface area contributed by atoms with Crippen molar-refractivity contribution in [3.8, 4) is 0 Å². The predicted octanol–water partition coefficient (Wildman–Crippen LogP) is 2.25. The highest BCUT2D eigenvalue weighted by molar-refractivity contribution is 7.71. The van der Waals surface area contributed by atoms with Crippen molar-refractivity contribution in [1.82, 2.24) is 24.6 Å². The second-order valence-electron chi connectivity index (χ2n) is 9.07. The van der Waals surface area contributed by atoms with Crippen molar-refractivity contribution in [1.29, 1.82) is 0 Å². The van der Waals surface area contributed by atoms with Gasteiger partial charge in [-0.2, -0.15) is 0 Å². The highest BCUT2D eigenvalue weighted by Gasteiger charge is 2.30. The zero-order valence-electron chi connectivity index (χ0n) is 18.5. The Kier molecular flexibility index (Phi) is 6.56. The number of anilines is 1. The summed E-state index contributed by atoms with van der Waals surface area (Å²) in [6.07, 6.45) is 4.07. The molecule has 3 aliphatic rings. The molecule has 0 radical (unpaired) electrons. The number of benzene rings is 1. The van der Waals surface area contributed by atoms with E-state index in [1.54, 1.807) is 0 Å². The maximum absolute atomic E-state index is 12.4. The van der Waals surface area contributed by atoms with Gasteiger partial charge in [-0.3, -0.25) is 14.3 Å². The molecular weight excluding hydrogens is 424 g/mol. The van der Waals surface area contributed by atoms with Crippen molar-refractivity contribution in [2.75, 3.05) is 44.3 Å². The monoisotopic (exact) mass is 456 g/mol. The highest BCUT2D eigenvalue weighted by atomic mass is 32.1. The Bertz CT molecular complexity index is 972. The van der Waals surface area contributed by atoms with Gasteiger partial charge in [-0.25, -0.2) is 4.68 Å². The Labute approximate surface area is 194 Å². The molecule has 3 heterocycles. The molecule has 0 atom stereocenters. The smallest absolute Gasteiger partial charge is 0.226 e. The molecule has 9 heteroatoms. The average Bonchev–Trinajstić information content (AvgIpc) is 3.60. The summed E-state index contributed by atoms with van der Waals surface area (Å²) in [6, 6.07) is 10.8. The normalized spacial score (nSPS) is 20.4. The van der Waals surface area contributed by atoms with Gasteiger partial charge in [0.15, 0.2) is 0 Å². The van der Waals surface area contributed by atoms with Crippen LogP contribution in [0.4, 0.5) is 5.95 Å². The van der Waals surface area contributed by atoms with E-state index in [1.807, 2.05) is 10.7 Å². The average molecular weight is 457 g/mol. The van der Waals surface area contributed by atoms with Crippen LogP contribution in [0.2, 0.25) is 0 Å². The molecule has 2 aliphatic heterocycles. The Morgan fingerprint density at radius 3 is 2.47 bits per heavy atom. The standard InChI is InChI=1S/C23H32N6O2S/c30-21(24-20-6-7-20)19-8-10-26(11-9-19)17-29-23(32)28(16-18-4-2-1-3-5-18)22(25-29)27-12-14-31-15-13-27/h1-5,19-20H,6-17H2,(H,24,30). The lowest BCUT2D eigenvalue weighted by Crippen LogP contribution is -2.41. The van der Waals surface area contributed by atoms with Crippen LogP contribution in [0, 0.1) is 10.7 Å². The van der Waals surface area contributed by atoms with Crippen LogP contribution in [-0.4, -0.2) is 70.6 Å². The van der Waals surface area contributed by atoms with Crippen LogP contribution >= 0.6 is 12.2 Å². The van der Waals surface area contributed by atoms with Crippen LogP contribution in [-0.2, 0) is 22.7 Å². The second kappa shape index (κ2) is 9.72. The third-order valence-corrected chi connectivity index (χ3v) is 7.03. The number of hydrogen-bond donors (Lipinski definition) is 1. The first-order chi connectivity index (χ1) is 15.7. The maximum Gasteiger partial charge on any atom is 0.226 e. The lowest BCUT2D eigenvalue weighted by atomic mass is 9.96. The van der Waals surface area contributed by atoms with E-state index in [-0.39, 0.29) is 11.8 Å². The molecule has 0 spiro atoms. The molecule has 1 aromatic heterocycles. The molecule has 1 N–H and O–H groups in total. The number of piperidine rings is 1. The quantitative estimate of drug-likeness (QED) is 0.645. The third kappa shape index (κ3) is 5.05. The van der Waals surface area contributed by atoms with Gasteiger partial charge in [-0.15, -0.1) is 5.10 Å². The van der Waals surface area contributed by atoms with Crippen molar-refractivity contribution in [2.24, 2.45) is 5.92 Å². The van der Waals surface area contributed by atoms with E-state index in [2.05, 4.69) is 43.9 Å². The van der Waals surface area contributed by atoms with E-state index in [4.69, 9.17) is 22.1 Å². The van der Waals surface area contributed by atoms with E-state index >= 15 is 0 Å². The van der Waals surface area contributed by atoms with Gasteiger partial charge in [-0.1, -0.05) is 30.3 Å². The molecule has 1 saturated carbocycles. The predicted molar refractivity (Wildman–Crippen MR) is 125 cm³/mol. The minimum absolute atomic E-state index is 0.138. The first kappa shape index (κ1) is 21.6. The number of amides is 1. The van der Waals surface area contributed by atoms with E-state index in [9.17, 15) is 4.79 Å². The molecule has 172 valence electrons. The van der Waals surface area contributed by atoms with Crippen molar-refractivity contribution in [3.63, 3.8) is 0 Å². The van der Waals surface area contributed by atoms with Crippen molar-refractivity contribution in [3.05, 3.63) is 40.7 Å². The number of aromatic nitrogens is 3. The number of likely N-dealkylation sites (tertiary alicyclic amines) is 1. The molecule has 1 aliphatic carbocycles. The molecule has 3 fully saturated rings. The maximum atomic E-state index is 12.4. The van der Waals surface area contributed by atoms with Crippen molar-refractivity contribution >= 4 is 24.1 Å². The minimum atomic E-state index is 0.138. The summed E-state index contributed by atoms with van der Waals surface area (Å²) in [7, 11) is 0. The Morgan fingerprint density at radius 1 is 1.06 bits per heavy atom. The first-order valence-corrected chi connectivity index (χ1v) is 12.2. The van der Waals surface area contributed by atoms with Crippen LogP contribution in [0.3, 0.4) is 0 Å². The van der Waals surface area contributed by atoms with Crippen LogP contribution < -0.4 is 10.2 Å². The minimum Gasteiger partial charge on any atom is -0.378 e. The summed E-state index contributed by atoms with van der Waals surface area (Å²) in [6.45, 7) is 6.21. The van der Waals surface area contributed by atoms with Crippen LogP contribution in [0.25, 0.3) is 0 Å². The van der Waals surface area contributed by atoms with Gasteiger partial charge in [0.2, 0.25) is 16.6 Å². The van der Waals surface area contributed by atoms with Crippen LogP contribution in [0.1, 0.15) is 31.2 Å². The van der Waals surface area contributed by atoms with Crippen LogP contribution in [0.5, 0.6) is 0 Å². The summed E-state index contributed by atoms with van der Waals surface area (Å²) in [5.74, 6) is 1.30. The van der Waals surface area contributed by atoms with E-state index in [1.165, 1.54) is 5.56 Å². The lowest BCUT2D eigenvalue weighted by Gasteiger charge is -2.31. The van der Waals surface area contributed by atoms with Gasteiger partial charge in [0.05, 0.1) is 26.4 Å². The number of ether oxygens (including phenoxy) is 1. The summed E-state index contributed by atoms with van der Waals surface area (Å²) in [5, 5.41) is 8.11. The van der Waals surface area contributed by atoms with E-state index in [0.29, 0.717) is 32.5 Å². The molecule has 2 saturated heterocycles. The molecule has 0 unspecified atom stereocenters. The second-order valence-corrected chi connectivity index (χ2v) is 9.44. The number of nitrogens with zero attached hydrogens (tertiary/aromatic N) is 5. The Balaban J connectivity index is 1.29. The summed E-state index contributed by atoms with van der Waals surface area (Å²) in [4.78, 5) is 17.0. The van der Waals surface area contributed by atoms with Crippen LogP contribution in [0.15, 0.2) is 30.3 Å². The molecular formula is C23H32N6O2S. The number of morpholine rings is 1. The fraction of sp³-hybridized carbons (Fsp3) is 0.609. The van der Waals surface area contributed by atoms with E-state index in [0.717, 1.165) is 62.6 Å². The van der Waals surface area contributed by atoms with Gasteiger partial charge in [0.25, 0.3) is 0 Å². The van der Waals surface area contributed by atoms with Crippen molar-refractivity contribution in [2.45, 2.75) is 44.9 Å². The molecule has 1 amide bonds. The number of nitrogens with one attached hydrogen (secondary N) is 1. The summed E-state index contributed by atoms with van der Waals surface area (Å²) in [5.41, 5.74) is 1.21. The number of hydrogen-bond acceptors (Lipinski definition) is 6. The zero-order valence-corrected chi connectivity index (χ0v) is 19.3. The number of carbonyl (C=O) groups excluding carboxylic acids is 1. The molecule has 0 bridgehead atoms. The molecule has 8 nitrogen and oxygen atoms in total. The highest BCUT2D eigenvalue weighted by Crippen LogP contribution is 2.23. The molecule has 32 heavy (non-hydrogen) atoms. The Hall–Kier alpha value is -2.23. The third-order valence-electron chi connectivity index (χ3n) is 6.60. The van der Waals surface area contributed by atoms with Crippen molar-refractivity contribution < 1.29 is 9.53 Å². The Morgan fingerprint density at radius 2 is 1.78 bits per heavy atom. The fourth-order valence-electron chi connectivity index (χ4n) is 4.50. The number of rotatable bonds is 7. The van der Waals surface area contributed by atoms with Gasteiger partial charge in [-0.05, 0) is 43.5 Å². The van der Waals surface area contributed by atoms with Gasteiger partial charge < -0.3 is 15.0 Å².